The molecule has 30 heavy (non-hydrogen) atoms. The molecule has 1 amide bonds. The van der Waals surface area contributed by atoms with Gasteiger partial charge in [0.05, 0.1) is 22.1 Å². The van der Waals surface area contributed by atoms with Crippen molar-refractivity contribution in [2.24, 2.45) is 11.7 Å². The Bertz CT molecular complexity index is 1050. The lowest BCUT2D eigenvalue weighted by molar-refractivity contribution is 0.100. The molecule has 1 fully saturated rings. The highest BCUT2D eigenvalue weighted by molar-refractivity contribution is 7.82. The van der Waals surface area contributed by atoms with Crippen molar-refractivity contribution in [2.75, 3.05) is 18.8 Å². The van der Waals surface area contributed by atoms with Crippen molar-refractivity contribution >= 4 is 27.8 Å². The van der Waals surface area contributed by atoms with Crippen LogP contribution in [0.3, 0.4) is 0 Å². The number of hydrogen-bond acceptors (Lipinski definition) is 2. The number of aromatic amines is 1. The molecule has 0 aliphatic carbocycles. The van der Waals surface area contributed by atoms with Crippen LogP contribution in [0.1, 0.15) is 42.1 Å². The van der Waals surface area contributed by atoms with Crippen molar-refractivity contribution in [1.29, 1.82) is 0 Å². The Hall–Kier alpha value is -2.44. The second-order valence-corrected chi connectivity index (χ2v) is 9.75. The van der Waals surface area contributed by atoms with E-state index in [4.69, 9.17) is 5.73 Å². The third-order valence-corrected chi connectivity index (χ3v) is 7.61. The summed E-state index contributed by atoms with van der Waals surface area (Å²) in [7, 11) is -0.824. The number of primary amides is 1. The summed E-state index contributed by atoms with van der Waals surface area (Å²) in [5.74, 6) is 0.932. The van der Waals surface area contributed by atoms with Gasteiger partial charge in [-0.25, -0.2) is 8.51 Å². The van der Waals surface area contributed by atoms with Crippen molar-refractivity contribution in [3.63, 3.8) is 0 Å². The van der Waals surface area contributed by atoms with Gasteiger partial charge in [-0.05, 0) is 60.4 Å². The predicted molar refractivity (Wildman–Crippen MR) is 124 cm³/mol. The number of carbonyl (C=O) groups is 1. The Morgan fingerprint density at radius 3 is 2.57 bits per heavy atom. The molecule has 6 heteroatoms. The maximum atomic E-state index is 12.1. The zero-order valence-corrected chi connectivity index (χ0v) is 18.2. The Morgan fingerprint density at radius 1 is 1.17 bits per heavy atom. The van der Waals surface area contributed by atoms with Crippen LogP contribution >= 0.6 is 0 Å². The van der Waals surface area contributed by atoms with Crippen molar-refractivity contribution in [2.45, 2.75) is 32.6 Å². The molecular weight excluding hydrogens is 394 g/mol. The Kier molecular flexibility index (Phi) is 6.35. The van der Waals surface area contributed by atoms with Crippen LogP contribution in [-0.2, 0) is 17.4 Å². The van der Waals surface area contributed by atoms with Crippen LogP contribution in [0.4, 0.5) is 0 Å². The number of hydrogen-bond donors (Lipinski definition) is 2. The first-order chi connectivity index (χ1) is 14.6. The number of amides is 1. The molecule has 1 aromatic heterocycles. The number of rotatable bonds is 7. The van der Waals surface area contributed by atoms with Gasteiger partial charge < -0.3 is 10.7 Å². The van der Waals surface area contributed by atoms with Gasteiger partial charge in [0, 0.05) is 30.4 Å². The largest absolute Gasteiger partial charge is 0.366 e. The maximum absolute atomic E-state index is 12.1. The molecule has 1 aliphatic heterocycles. The van der Waals surface area contributed by atoms with Gasteiger partial charge in [-0.1, -0.05) is 37.3 Å². The van der Waals surface area contributed by atoms with Crippen molar-refractivity contribution < 1.29 is 9.00 Å². The standard InChI is InChI=1S/C24H29N3O2S/c1-2-30(29)27-12-10-17(11-13-27)8-9-19-16-26-23-21(19)14-20(15-22(23)24(25)28)18-6-4-3-5-7-18/h3-7,14-17,26H,2,8-13H2,1H3,(H2,25,28). The van der Waals surface area contributed by atoms with Crippen LogP contribution in [0.2, 0.25) is 0 Å². The number of piperidine rings is 1. The first-order valence-electron chi connectivity index (χ1n) is 10.7. The van der Waals surface area contributed by atoms with Crippen molar-refractivity contribution in [3.05, 3.63) is 59.8 Å². The molecule has 2 heterocycles. The lowest BCUT2D eigenvalue weighted by Crippen LogP contribution is -2.35. The molecule has 3 aromatic rings. The molecule has 3 N–H and O–H groups in total. The molecule has 4 rings (SSSR count). The number of nitrogens with zero attached hydrogens (tertiary/aromatic N) is 1. The number of fused-ring (bicyclic) bond motifs is 1. The zero-order chi connectivity index (χ0) is 21.1. The molecule has 158 valence electrons. The number of carbonyl (C=O) groups excluding carboxylic acids is 1. The molecule has 1 saturated heterocycles. The number of aryl methyl sites for hydroxylation is 1. The summed E-state index contributed by atoms with van der Waals surface area (Å²) in [6.45, 7) is 3.81. The summed E-state index contributed by atoms with van der Waals surface area (Å²) in [5, 5.41) is 1.08. The third kappa shape index (κ3) is 4.35. The molecule has 0 spiro atoms. The first-order valence-corrected chi connectivity index (χ1v) is 12.0. The van der Waals surface area contributed by atoms with Gasteiger partial charge in [-0.3, -0.25) is 4.79 Å². The first kappa shape index (κ1) is 20.8. The Labute approximate surface area is 180 Å². The van der Waals surface area contributed by atoms with Crippen LogP contribution in [-0.4, -0.2) is 38.2 Å². The lowest BCUT2D eigenvalue weighted by atomic mass is 9.90. The van der Waals surface area contributed by atoms with Gasteiger partial charge in [-0.2, -0.15) is 0 Å². The van der Waals surface area contributed by atoms with E-state index >= 15 is 0 Å². The molecule has 1 unspecified atom stereocenters. The van der Waals surface area contributed by atoms with Crippen molar-refractivity contribution in [3.8, 4) is 11.1 Å². The van der Waals surface area contributed by atoms with Gasteiger partial charge in [0.15, 0.2) is 0 Å². The monoisotopic (exact) mass is 423 g/mol. The average molecular weight is 424 g/mol. The molecule has 0 radical (unpaired) electrons. The fraction of sp³-hybridized carbons (Fsp3) is 0.375. The molecule has 2 aromatic carbocycles. The molecular formula is C24H29N3O2S. The second-order valence-electron chi connectivity index (χ2n) is 8.01. The summed E-state index contributed by atoms with van der Waals surface area (Å²) in [6.07, 6.45) is 6.26. The van der Waals surface area contributed by atoms with Gasteiger partial charge >= 0.3 is 0 Å². The van der Waals surface area contributed by atoms with E-state index in [2.05, 4.69) is 15.4 Å². The quantitative estimate of drug-likeness (QED) is 0.595. The van der Waals surface area contributed by atoms with Gasteiger partial charge in [0.2, 0.25) is 0 Å². The Balaban J connectivity index is 1.54. The number of aromatic nitrogens is 1. The third-order valence-electron chi connectivity index (χ3n) is 6.18. The topological polar surface area (TPSA) is 79.2 Å². The fourth-order valence-corrected chi connectivity index (χ4v) is 5.41. The Morgan fingerprint density at radius 2 is 1.90 bits per heavy atom. The maximum Gasteiger partial charge on any atom is 0.250 e. The summed E-state index contributed by atoms with van der Waals surface area (Å²) in [4.78, 5) is 15.4. The molecule has 1 aliphatic rings. The minimum absolute atomic E-state index is 0.414. The number of nitrogens with two attached hydrogens (primary N) is 1. The highest BCUT2D eigenvalue weighted by atomic mass is 32.2. The summed E-state index contributed by atoms with van der Waals surface area (Å²) in [6, 6.07) is 14.1. The molecule has 1 atom stereocenters. The molecule has 0 saturated carbocycles. The van der Waals surface area contributed by atoms with E-state index in [-0.39, 0.29) is 0 Å². The van der Waals surface area contributed by atoms with Gasteiger partial charge in [-0.15, -0.1) is 0 Å². The SMILES string of the molecule is CCS(=O)N1CCC(CCc2c[nH]c3c(C(N)=O)cc(-c4ccccc4)cc23)CC1. The minimum atomic E-state index is -0.824. The van der Waals surface area contributed by atoms with Crippen LogP contribution < -0.4 is 5.73 Å². The number of H-pyrrole nitrogens is 1. The van der Waals surface area contributed by atoms with Gasteiger partial charge in [0.1, 0.15) is 0 Å². The van der Waals surface area contributed by atoms with E-state index in [0.29, 0.717) is 17.2 Å². The van der Waals surface area contributed by atoms with E-state index in [0.717, 1.165) is 60.8 Å². The van der Waals surface area contributed by atoms with Crippen LogP contribution in [0.25, 0.3) is 22.0 Å². The van der Waals surface area contributed by atoms with E-state index < -0.39 is 16.9 Å². The van der Waals surface area contributed by atoms with E-state index in [1.165, 1.54) is 5.56 Å². The summed E-state index contributed by atoms with van der Waals surface area (Å²) in [5.41, 5.74) is 10.4. The van der Waals surface area contributed by atoms with Gasteiger partial charge in [0.25, 0.3) is 5.91 Å². The van der Waals surface area contributed by atoms with E-state index in [1.54, 1.807) is 0 Å². The second kappa shape index (κ2) is 9.14. The van der Waals surface area contributed by atoms with Crippen LogP contribution in [0.15, 0.2) is 48.7 Å². The van der Waals surface area contributed by atoms with Crippen LogP contribution in [0, 0.1) is 5.92 Å². The normalized spacial score (nSPS) is 16.7. The lowest BCUT2D eigenvalue weighted by Gasteiger charge is -2.30. The zero-order valence-electron chi connectivity index (χ0n) is 17.4. The van der Waals surface area contributed by atoms with Crippen molar-refractivity contribution in [1.82, 2.24) is 9.29 Å². The van der Waals surface area contributed by atoms with Crippen LogP contribution in [0.5, 0.6) is 0 Å². The van der Waals surface area contributed by atoms with E-state index in [1.807, 2.05) is 49.5 Å². The average Bonchev–Trinajstić information content (AvgIpc) is 3.20. The minimum Gasteiger partial charge on any atom is -0.366 e. The number of benzene rings is 2. The van der Waals surface area contributed by atoms with E-state index in [9.17, 15) is 9.00 Å². The summed E-state index contributed by atoms with van der Waals surface area (Å²) >= 11 is 0. The smallest absolute Gasteiger partial charge is 0.250 e. The highest BCUT2D eigenvalue weighted by Crippen LogP contribution is 2.31. The molecule has 0 bridgehead atoms. The highest BCUT2D eigenvalue weighted by Gasteiger charge is 2.22. The summed E-state index contributed by atoms with van der Waals surface area (Å²) < 4.78 is 14.1. The number of nitrogens with one attached hydrogen (secondary N) is 1. The fourth-order valence-electron chi connectivity index (χ4n) is 4.43. The predicted octanol–water partition coefficient (Wildman–Crippen LogP) is 4.26. The molecule has 5 nitrogen and oxygen atoms in total.